The number of pyridine rings is 1. The Morgan fingerprint density at radius 1 is 1.30 bits per heavy atom. The van der Waals surface area contributed by atoms with Gasteiger partial charge in [-0.3, -0.25) is 4.79 Å². The van der Waals surface area contributed by atoms with Crippen LogP contribution in [0.4, 0.5) is 0 Å². The fourth-order valence-corrected chi connectivity index (χ4v) is 6.21. The molecule has 1 amide bonds. The quantitative estimate of drug-likeness (QED) is 0.595. The summed E-state index contributed by atoms with van der Waals surface area (Å²) in [6.07, 6.45) is 9.96. The van der Waals surface area contributed by atoms with Crippen molar-refractivity contribution in [1.82, 2.24) is 19.9 Å². The lowest BCUT2D eigenvalue weighted by Gasteiger charge is -2.54. The minimum Gasteiger partial charge on any atom is -0.481 e. The third-order valence-corrected chi connectivity index (χ3v) is 8.07. The highest BCUT2D eigenvalue weighted by Gasteiger charge is 2.49. The van der Waals surface area contributed by atoms with Crippen LogP contribution in [0.25, 0.3) is 10.2 Å². The smallest absolute Gasteiger partial charge is 0.264 e. The first kappa shape index (κ1) is 19.4. The third-order valence-electron chi connectivity index (χ3n) is 6.88. The van der Waals surface area contributed by atoms with Crippen LogP contribution in [-0.2, 0) is 6.54 Å². The van der Waals surface area contributed by atoms with Gasteiger partial charge in [0.1, 0.15) is 11.2 Å². The van der Waals surface area contributed by atoms with E-state index in [4.69, 9.17) is 4.74 Å². The molecule has 3 heterocycles. The van der Waals surface area contributed by atoms with Gasteiger partial charge in [-0.2, -0.15) is 0 Å². The molecule has 2 aliphatic rings. The van der Waals surface area contributed by atoms with Crippen LogP contribution < -0.4 is 4.74 Å². The van der Waals surface area contributed by atoms with E-state index in [2.05, 4.69) is 15.0 Å². The molecule has 0 aromatic carbocycles. The van der Waals surface area contributed by atoms with Gasteiger partial charge in [0, 0.05) is 37.2 Å². The minimum absolute atomic E-state index is 0.0151. The van der Waals surface area contributed by atoms with E-state index in [1.165, 1.54) is 43.4 Å². The standard InChI is InChI=1S/C23H26N4O2S/c1-14-18-19(16-10-23(11-16)6-4-7-23)25-13-26-21(18)30-20(14)22(28)27(2)12-15-5-8-24-17(9-15)29-3/h5,8-9,13,16H,4,6-7,10-12H2,1-3H3. The van der Waals surface area contributed by atoms with Crippen LogP contribution >= 0.6 is 11.3 Å². The largest absolute Gasteiger partial charge is 0.481 e. The van der Waals surface area contributed by atoms with Gasteiger partial charge in [-0.15, -0.1) is 11.3 Å². The Bertz CT molecular complexity index is 1110. The highest BCUT2D eigenvalue weighted by Crippen LogP contribution is 2.62. The van der Waals surface area contributed by atoms with Crippen LogP contribution in [0.5, 0.6) is 5.88 Å². The van der Waals surface area contributed by atoms with Crippen molar-refractivity contribution in [3.05, 3.63) is 46.4 Å². The molecule has 1 spiro atoms. The van der Waals surface area contributed by atoms with E-state index >= 15 is 0 Å². The maximum atomic E-state index is 13.3. The van der Waals surface area contributed by atoms with Crippen LogP contribution in [-0.4, -0.2) is 39.9 Å². The molecule has 0 N–H and O–H groups in total. The molecular formula is C23H26N4O2S. The van der Waals surface area contributed by atoms with Crippen molar-refractivity contribution < 1.29 is 9.53 Å². The monoisotopic (exact) mass is 422 g/mol. The van der Waals surface area contributed by atoms with Crippen molar-refractivity contribution in [2.45, 2.75) is 51.5 Å². The maximum Gasteiger partial charge on any atom is 0.264 e. The highest BCUT2D eigenvalue weighted by atomic mass is 32.1. The van der Waals surface area contributed by atoms with Gasteiger partial charge >= 0.3 is 0 Å². The van der Waals surface area contributed by atoms with Gasteiger partial charge in [0.25, 0.3) is 5.91 Å². The first-order valence-corrected chi connectivity index (χ1v) is 11.3. The maximum absolute atomic E-state index is 13.3. The number of amides is 1. The van der Waals surface area contributed by atoms with Gasteiger partial charge < -0.3 is 9.64 Å². The lowest BCUT2D eigenvalue weighted by Crippen LogP contribution is -2.41. The number of aromatic nitrogens is 3. The van der Waals surface area contributed by atoms with Gasteiger partial charge in [0.05, 0.1) is 17.7 Å². The summed E-state index contributed by atoms with van der Waals surface area (Å²) in [4.78, 5) is 30.0. The van der Waals surface area contributed by atoms with E-state index in [0.29, 0.717) is 23.8 Å². The summed E-state index contributed by atoms with van der Waals surface area (Å²) >= 11 is 1.48. The Kier molecular flexibility index (Phi) is 4.73. The summed E-state index contributed by atoms with van der Waals surface area (Å²) in [5, 5.41) is 1.10. The van der Waals surface area contributed by atoms with Crippen molar-refractivity contribution in [3.8, 4) is 5.88 Å². The normalized spacial score (nSPS) is 17.6. The zero-order chi connectivity index (χ0) is 20.9. The first-order valence-electron chi connectivity index (χ1n) is 10.5. The van der Waals surface area contributed by atoms with Gasteiger partial charge in [0.2, 0.25) is 5.88 Å². The number of ether oxygens (including phenoxy) is 1. The molecule has 0 aliphatic heterocycles. The molecule has 3 aromatic rings. The second-order valence-electron chi connectivity index (χ2n) is 8.82. The molecule has 0 atom stereocenters. The molecule has 0 unspecified atom stereocenters. The summed E-state index contributed by atoms with van der Waals surface area (Å²) in [6, 6.07) is 3.76. The van der Waals surface area contributed by atoms with Crippen molar-refractivity contribution >= 4 is 27.5 Å². The third kappa shape index (κ3) is 3.16. The Balaban J connectivity index is 1.40. The minimum atomic E-state index is 0.0151. The number of aryl methyl sites for hydroxylation is 1. The SMILES string of the molecule is COc1cc(CN(C)C(=O)c2sc3ncnc(C4CC5(CCC5)C4)c3c2C)ccn1. The van der Waals surface area contributed by atoms with Crippen molar-refractivity contribution in [2.24, 2.45) is 5.41 Å². The number of rotatable bonds is 5. The van der Waals surface area contributed by atoms with Crippen LogP contribution in [0.2, 0.25) is 0 Å². The summed E-state index contributed by atoms with van der Waals surface area (Å²) in [5.74, 6) is 1.08. The fraction of sp³-hybridized carbons (Fsp3) is 0.478. The van der Waals surface area contributed by atoms with Crippen LogP contribution in [0, 0.1) is 12.3 Å². The summed E-state index contributed by atoms with van der Waals surface area (Å²) in [6.45, 7) is 2.54. The zero-order valence-corrected chi connectivity index (χ0v) is 18.5. The number of thiophene rings is 1. The molecule has 156 valence electrons. The van der Waals surface area contributed by atoms with Crippen LogP contribution in [0.1, 0.15) is 64.5 Å². The van der Waals surface area contributed by atoms with Crippen molar-refractivity contribution in [1.29, 1.82) is 0 Å². The molecule has 2 aliphatic carbocycles. The molecule has 30 heavy (non-hydrogen) atoms. The van der Waals surface area contributed by atoms with Crippen LogP contribution in [0.15, 0.2) is 24.7 Å². The van der Waals surface area contributed by atoms with E-state index in [1.807, 2.05) is 26.1 Å². The summed E-state index contributed by atoms with van der Waals surface area (Å²) < 4.78 is 5.19. The summed E-state index contributed by atoms with van der Waals surface area (Å²) in [7, 11) is 3.42. The predicted molar refractivity (Wildman–Crippen MR) is 117 cm³/mol. The van der Waals surface area contributed by atoms with Crippen molar-refractivity contribution in [2.75, 3.05) is 14.2 Å². The average molecular weight is 423 g/mol. The molecule has 7 heteroatoms. The number of methoxy groups -OCH3 is 1. The van der Waals surface area contributed by atoms with Crippen LogP contribution in [0.3, 0.4) is 0 Å². The number of hydrogen-bond donors (Lipinski definition) is 0. The Labute approximate surface area is 180 Å². The highest BCUT2D eigenvalue weighted by molar-refractivity contribution is 7.20. The Hall–Kier alpha value is -2.54. The van der Waals surface area contributed by atoms with E-state index in [9.17, 15) is 4.79 Å². The Morgan fingerprint density at radius 2 is 2.10 bits per heavy atom. The Morgan fingerprint density at radius 3 is 2.80 bits per heavy atom. The first-order chi connectivity index (χ1) is 14.5. The lowest BCUT2D eigenvalue weighted by molar-refractivity contribution is 0.00810. The van der Waals surface area contributed by atoms with Crippen molar-refractivity contribution in [3.63, 3.8) is 0 Å². The molecule has 3 aromatic heterocycles. The second-order valence-corrected chi connectivity index (χ2v) is 9.82. The average Bonchev–Trinajstić information content (AvgIpc) is 3.02. The molecular weight excluding hydrogens is 396 g/mol. The van der Waals surface area contributed by atoms with E-state index in [-0.39, 0.29) is 5.91 Å². The topological polar surface area (TPSA) is 68.2 Å². The molecule has 0 saturated heterocycles. The zero-order valence-electron chi connectivity index (χ0n) is 17.6. The number of fused-ring (bicyclic) bond motifs is 1. The predicted octanol–water partition coefficient (Wildman–Crippen LogP) is 4.72. The fourth-order valence-electron chi connectivity index (χ4n) is 5.06. The van der Waals surface area contributed by atoms with Gasteiger partial charge in [-0.05, 0) is 55.2 Å². The number of hydrogen-bond acceptors (Lipinski definition) is 6. The van der Waals surface area contributed by atoms with E-state index in [0.717, 1.165) is 31.9 Å². The lowest BCUT2D eigenvalue weighted by atomic mass is 9.51. The molecule has 5 rings (SSSR count). The second kappa shape index (κ2) is 7.30. The van der Waals surface area contributed by atoms with E-state index < -0.39 is 0 Å². The van der Waals surface area contributed by atoms with Gasteiger partial charge in [0.15, 0.2) is 0 Å². The molecule has 6 nitrogen and oxygen atoms in total. The number of carbonyl (C=O) groups is 1. The molecule has 0 bridgehead atoms. The number of nitrogens with zero attached hydrogens (tertiary/aromatic N) is 4. The molecule has 2 saturated carbocycles. The number of carbonyl (C=O) groups excluding carboxylic acids is 1. The van der Waals surface area contributed by atoms with E-state index in [1.54, 1.807) is 24.5 Å². The van der Waals surface area contributed by atoms with Gasteiger partial charge in [-0.25, -0.2) is 15.0 Å². The summed E-state index contributed by atoms with van der Waals surface area (Å²) in [5.41, 5.74) is 3.74. The van der Waals surface area contributed by atoms with Gasteiger partial charge in [-0.1, -0.05) is 6.42 Å². The molecule has 2 fully saturated rings. The molecule has 0 radical (unpaired) electrons.